The number of Topliss-reactive ketones (excluding diaryl/α,β-unsaturated/α-hetero) is 2. The Morgan fingerprint density at radius 1 is 1.20 bits per heavy atom. The van der Waals surface area contributed by atoms with Crippen LogP contribution in [0.3, 0.4) is 0 Å². The molecule has 0 aromatic heterocycles. The fourth-order valence-corrected chi connectivity index (χ4v) is 2.70. The van der Waals surface area contributed by atoms with E-state index in [2.05, 4.69) is 0 Å². The smallest absolute Gasteiger partial charge is 0.291 e. The van der Waals surface area contributed by atoms with Gasteiger partial charge in [0.2, 0.25) is 5.78 Å². The van der Waals surface area contributed by atoms with Gasteiger partial charge in [0.1, 0.15) is 6.10 Å². The molecule has 0 saturated carbocycles. The molecule has 0 saturated heterocycles. The summed E-state index contributed by atoms with van der Waals surface area (Å²) < 4.78 is 29.1. The topological polar surface area (TPSA) is 77.5 Å². The summed E-state index contributed by atoms with van der Waals surface area (Å²) in [6.45, 7) is 4.71. The summed E-state index contributed by atoms with van der Waals surface area (Å²) in [6.07, 6.45) is -0.528. The molecule has 5 nitrogen and oxygen atoms in total. The first-order valence-electron chi connectivity index (χ1n) is 6.32. The van der Waals surface area contributed by atoms with Crippen molar-refractivity contribution in [2.45, 2.75) is 44.6 Å². The zero-order chi connectivity index (χ0) is 15.3. The van der Waals surface area contributed by atoms with Crippen LogP contribution in [0.15, 0.2) is 29.2 Å². The predicted molar refractivity (Wildman–Crippen MR) is 73.8 cm³/mol. The predicted octanol–water partition coefficient (Wildman–Crippen LogP) is 2.03. The maximum absolute atomic E-state index is 12.1. The van der Waals surface area contributed by atoms with Gasteiger partial charge in [-0.05, 0) is 25.5 Å². The minimum atomic E-state index is -4.05. The van der Waals surface area contributed by atoms with Crippen molar-refractivity contribution in [1.29, 1.82) is 0 Å². The Morgan fingerprint density at radius 2 is 1.75 bits per heavy atom. The lowest BCUT2D eigenvalue weighted by Gasteiger charge is -2.14. The molecular formula is C14H18O5S. The van der Waals surface area contributed by atoms with Crippen LogP contribution in [0.2, 0.25) is 0 Å². The van der Waals surface area contributed by atoms with Crippen molar-refractivity contribution in [3.8, 4) is 0 Å². The lowest BCUT2D eigenvalue weighted by atomic mass is 10.1. The lowest BCUT2D eigenvalue weighted by Crippen LogP contribution is -2.31. The van der Waals surface area contributed by atoms with Crippen molar-refractivity contribution in [1.82, 2.24) is 0 Å². The highest BCUT2D eigenvalue weighted by Gasteiger charge is 2.29. The monoisotopic (exact) mass is 298 g/mol. The highest BCUT2D eigenvalue weighted by Crippen LogP contribution is 2.17. The molecule has 0 aliphatic carbocycles. The second kappa shape index (κ2) is 6.76. The number of ketones is 2. The summed E-state index contributed by atoms with van der Waals surface area (Å²) >= 11 is 0. The van der Waals surface area contributed by atoms with Crippen molar-refractivity contribution in [2.75, 3.05) is 0 Å². The standard InChI is InChI=1S/C14H18O5S/c1-4-5-13(14(16)11(3)15)19-20(17,18)12-8-6-10(2)7-9-12/h6-9,13H,4-5H2,1-3H3. The Hall–Kier alpha value is -1.53. The Balaban J connectivity index is 3.00. The Labute approximate surface area is 119 Å². The number of hydrogen-bond acceptors (Lipinski definition) is 5. The molecule has 0 radical (unpaired) electrons. The van der Waals surface area contributed by atoms with Crippen molar-refractivity contribution in [3.63, 3.8) is 0 Å². The molecule has 0 aliphatic heterocycles. The van der Waals surface area contributed by atoms with E-state index >= 15 is 0 Å². The average molecular weight is 298 g/mol. The van der Waals surface area contributed by atoms with Gasteiger partial charge in [0.25, 0.3) is 10.1 Å². The fraction of sp³-hybridized carbons (Fsp3) is 0.429. The van der Waals surface area contributed by atoms with Gasteiger partial charge in [0.15, 0.2) is 5.78 Å². The van der Waals surface area contributed by atoms with Crippen molar-refractivity contribution in [3.05, 3.63) is 29.8 Å². The minimum absolute atomic E-state index is 0.0273. The normalized spacial score (nSPS) is 12.9. The van der Waals surface area contributed by atoms with E-state index in [4.69, 9.17) is 4.18 Å². The molecule has 0 N–H and O–H groups in total. The third-order valence-corrected chi connectivity index (χ3v) is 4.08. The van der Waals surface area contributed by atoms with E-state index in [1.165, 1.54) is 12.1 Å². The van der Waals surface area contributed by atoms with Crippen LogP contribution >= 0.6 is 0 Å². The Kier molecular flexibility index (Phi) is 5.59. The van der Waals surface area contributed by atoms with Gasteiger partial charge in [-0.25, -0.2) is 0 Å². The zero-order valence-electron chi connectivity index (χ0n) is 11.8. The van der Waals surface area contributed by atoms with E-state index < -0.39 is 27.8 Å². The summed E-state index contributed by atoms with van der Waals surface area (Å²) in [7, 11) is -4.05. The largest absolute Gasteiger partial charge is 0.297 e. The second-order valence-corrected chi connectivity index (χ2v) is 6.13. The molecule has 0 amide bonds. The number of carbonyl (C=O) groups excluding carboxylic acids is 2. The molecule has 0 fully saturated rings. The van der Waals surface area contributed by atoms with Crippen molar-refractivity contribution < 1.29 is 22.2 Å². The lowest BCUT2D eigenvalue weighted by molar-refractivity contribution is -0.139. The van der Waals surface area contributed by atoms with Crippen LogP contribution in [-0.2, 0) is 23.9 Å². The van der Waals surface area contributed by atoms with E-state index in [0.29, 0.717) is 6.42 Å². The highest BCUT2D eigenvalue weighted by atomic mass is 32.2. The summed E-state index contributed by atoms with van der Waals surface area (Å²) in [5.41, 5.74) is 0.911. The van der Waals surface area contributed by atoms with Crippen LogP contribution in [-0.4, -0.2) is 26.1 Å². The summed E-state index contributed by atoms with van der Waals surface area (Å²) in [5.74, 6) is -1.52. The highest BCUT2D eigenvalue weighted by molar-refractivity contribution is 7.86. The first kappa shape index (κ1) is 16.5. The maximum atomic E-state index is 12.1. The van der Waals surface area contributed by atoms with E-state index in [1.54, 1.807) is 19.1 Å². The van der Waals surface area contributed by atoms with Crippen LogP contribution in [0, 0.1) is 6.92 Å². The molecule has 1 aromatic carbocycles. The van der Waals surface area contributed by atoms with Gasteiger partial charge >= 0.3 is 0 Å². The summed E-state index contributed by atoms with van der Waals surface area (Å²) in [5, 5.41) is 0. The van der Waals surface area contributed by atoms with E-state index in [1.807, 2.05) is 6.92 Å². The van der Waals surface area contributed by atoms with Crippen LogP contribution in [0.1, 0.15) is 32.3 Å². The molecule has 1 rings (SSSR count). The Bertz CT molecular complexity index is 586. The molecular weight excluding hydrogens is 280 g/mol. The molecule has 0 heterocycles. The zero-order valence-corrected chi connectivity index (χ0v) is 12.6. The van der Waals surface area contributed by atoms with Crippen LogP contribution in [0.25, 0.3) is 0 Å². The van der Waals surface area contributed by atoms with Crippen LogP contribution in [0.5, 0.6) is 0 Å². The first-order valence-corrected chi connectivity index (χ1v) is 7.73. The number of hydrogen-bond donors (Lipinski definition) is 0. The molecule has 20 heavy (non-hydrogen) atoms. The fourth-order valence-electron chi connectivity index (χ4n) is 1.63. The number of rotatable bonds is 7. The molecule has 1 aromatic rings. The van der Waals surface area contributed by atoms with E-state index in [0.717, 1.165) is 12.5 Å². The third-order valence-electron chi connectivity index (χ3n) is 2.74. The minimum Gasteiger partial charge on any atom is -0.291 e. The quantitative estimate of drug-likeness (QED) is 0.568. The first-order chi connectivity index (χ1) is 9.27. The van der Waals surface area contributed by atoms with E-state index in [-0.39, 0.29) is 11.3 Å². The van der Waals surface area contributed by atoms with Gasteiger partial charge in [-0.1, -0.05) is 31.0 Å². The van der Waals surface area contributed by atoms with Gasteiger partial charge in [-0.3, -0.25) is 13.8 Å². The average Bonchev–Trinajstić information content (AvgIpc) is 2.37. The maximum Gasteiger partial charge on any atom is 0.297 e. The number of carbonyl (C=O) groups is 2. The van der Waals surface area contributed by atoms with Crippen molar-refractivity contribution in [2.24, 2.45) is 0 Å². The SMILES string of the molecule is CCCC(OS(=O)(=O)c1ccc(C)cc1)C(=O)C(C)=O. The van der Waals surface area contributed by atoms with Gasteiger partial charge in [-0.15, -0.1) is 0 Å². The molecule has 0 bridgehead atoms. The molecule has 0 aliphatic rings. The van der Waals surface area contributed by atoms with Crippen LogP contribution in [0.4, 0.5) is 0 Å². The summed E-state index contributed by atoms with van der Waals surface area (Å²) in [6, 6.07) is 6.09. The number of benzene rings is 1. The third kappa shape index (κ3) is 4.25. The molecule has 110 valence electrons. The Morgan fingerprint density at radius 3 is 2.20 bits per heavy atom. The number of aryl methyl sites for hydroxylation is 1. The van der Waals surface area contributed by atoms with Gasteiger partial charge in [-0.2, -0.15) is 8.42 Å². The molecule has 6 heteroatoms. The molecule has 1 unspecified atom stereocenters. The van der Waals surface area contributed by atoms with Gasteiger partial charge < -0.3 is 0 Å². The van der Waals surface area contributed by atoms with Gasteiger partial charge in [0, 0.05) is 6.92 Å². The molecule has 1 atom stereocenters. The molecule has 0 spiro atoms. The van der Waals surface area contributed by atoms with E-state index in [9.17, 15) is 18.0 Å². The van der Waals surface area contributed by atoms with Crippen LogP contribution < -0.4 is 0 Å². The van der Waals surface area contributed by atoms with Crippen molar-refractivity contribution >= 4 is 21.7 Å². The second-order valence-electron chi connectivity index (χ2n) is 4.56. The summed E-state index contributed by atoms with van der Waals surface area (Å²) in [4.78, 5) is 22.7. The van der Waals surface area contributed by atoms with Gasteiger partial charge in [0.05, 0.1) is 4.90 Å².